The minimum Gasteiger partial charge on any atom is -0.496 e. The van der Waals surface area contributed by atoms with E-state index in [1.165, 1.54) is 13.2 Å². The molecule has 5 nitrogen and oxygen atoms in total. The summed E-state index contributed by atoms with van der Waals surface area (Å²) in [6.07, 6.45) is 2.53. The summed E-state index contributed by atoms with van der Waals surface area (Å²) in [5.74, 6) is -0.696. The van der Waals surface area contributed by atoms with Gasteiger partial charge in [-0.05, 0) is 38.5 Å². The van der Waals surface area contributed by atoms with E-state index in [4.69, 9.17) is 14.3 Å². The van der Waals surface area contributed by atoms with Crippen LogP contribution in [0.1, 0.15) is 29.8 Å². The lowest BCUT2D eigenvalue weighted by atomic mass is 10.0. The standard InChI is InChI=1S/C16H16O5/c1-9(2)4-6-11-13(20-3)7-5-10-8-12(15(17)18)16(19)21-14(10)11/h4-5,7-8H,6H2,1-3H3,(H,17,18). The normalized spacial score (nSPS) is 10.4. The molecule has 0 aliphatic heterocycles. The van der Waals surface area contributed by atoms with Gasteiger partial charge in [-0.3, -0.25) is 0 Å². The number of hydrogen-bond donors (Lipinski definition) is 1. The van der Waals surface area contributed by atoms with E-state index in [0.717, 1.165) is 11.1 Å². The van der Waals surface area contributed by atoms with Gasteiger partial charge in [-0.1, -0.05) is 11.6 Å². The predicted octanol–water partition coefficient (Wildman–Crippen LogP) is 3.01. The second kappa shape index (κ2) is 5.83. The number of methoxy groups -OCH3 is 1. The summed E-state index contributed by atoms with van der Waals surface area (Å²) in [4.78, 5) is 22.8. The quantitative estimate of drug-likeness (QED) is 0.691. The van der Waals surface area contributed by atoms with Crippen molar-refractivity contribution in [3.63, 3.8) is 0 Å². The molecule has 0 atom stereocenters. The number of rotatable bonds is 4. The summed E-state index contributed by atoms with van der Waals surface area (Å²) in [7, 11) is 1.54. The van der Waals surface area contributed by atoms with Crippen LogP contribution in [0.4, 0.5) is 0 Å². The van der Waals surface area contributed by atoms with Crippen LogP contribution in [0.5, 0.6) is 5.75 Å². The SMILES string of the molecule is COc1ccc2cc(C(=O)O)c(=O)oc2c1CC=C(C)C. The van der Waals surface area contributed by atoms with Crippen LogP contribution in [0.3, 0.4) is 0 Å². The number of aromatic carboxylic acids is 1. The number of hydrogen-bond acceptors (Lipinski definition) is 4. The molecule has 0 fully saturated rings. The van der Waals surface area contributed by atoms with Crippen LogP contribution in [0.2, 0.25) is 0 Å². The molecule has 0 amide bonds. The van der Waals surface area contributed by atoms with Crippen molar-refractivity contribution in [1.82, 2.24) is 0 Å². The zero-order chi connectivity index (χ0) is 15.6. The highest BCUT2D eigenvalue weighted by atomic mass is 16.5. The smallest absolute Gasteiger partial charge is 0.351 e. The Kier molecular flexibility index (Phi) is 4.12. The molecule has 0 bridgehead atoms. The van der Waals surface area contributed by atoms with E-state index in [-0.39, 0.29) is 5.56 Å². The molecule has 0 radical (unpaired) electrons. The summed E-state index contributed by atoms with van der Waals surface area (Å²) in [5, 5.41) is 9.54. The molecule has 2 rings (SSSR count). The molecule has 5 heteroatoms. The second-order valence-corrected chi connectivity index (χ2v) is 4.90. The first-order valence-corrected chi connectivity index (χ1v) is 6.44. The number of carboxylic acid groups (broad SMARTS) is 1. The van der Waals surface area contributed by atoms with Crippen molar-refractivity contribution in [3.05, 3.63) is 51.4 Å². The Morgan fingerprint density at radius 1 is 1.38 bits per heavy atom. The average Bonchev–Trinajstić information content (AvgIpc) is 2.43. The zero-order valence-corrected chi connectivity index (χ0v) is 12.1. The third kappa shape index (κ3) is 2.97. The van der Waals surface area contributed by atoms with Gasteiger partial charge in [0.1, 0.15) is 16.9 Å². The Morgan fingerprint density at radius 3 is 2.67 bits per heavy atom. The van der Waals surface area contributed by atoms with Gasteiger partial charge in [-0.15, -0.1) is 0 Å². The molecule has 0 unspecified atom stereocenters. The molecule has 0 aliphatic rings. The molecule has 110 valence electrons. The van der Waals surface area contributed by atoms with E-state index in [1.807, 2.05) is 19.9 Å². The molecular formula is C16H16O5. The lowest BCUT2D eigenvalue weighted by Gasteiger charge is -2.10. The highest BCUT2D eigenvalue weighted by Gasteiger charge is 2.16. The Balaban J connectivity index is 2.74. The number of carbonyl (C=O) groups is 1. The van der Waals surface area contributed by atoms with Crippen LogP contribution in [0.25, 0.3) is 11.0 Å². The number of benzene rings is 1. The summed E-state index contributed by atoms with van der Waals surface area (Å²) in [5.41, 5.74) is 0.980. The largest absolute Gasteiger partial charge is 0.496 e. The van der Waals surface area contributed by atoms with Gasteiger partial charge < -0.3 is 14.3 Å². The van der Waals surface area contributed by atoms with Gasteiger partial charge in [-0.25, -0.2) is 9.59 Å². The van der Waals surface area contributed by atoms with E-state index in [9.17, 15) is 9.59 Å². The maximum atomic E-state index is 11.8. The van der Waals surface area contributed by atoms with Gasteiger partial charge in [0.25, 0.3) is 0 Å². The van der Waals surface area contributed by atoms with Gasteiger partial charge in [0.05, 0.1) is 7.11 Å². The Labute approximate surface area is 121 Å². The maximum Gasteiger partial charge on any atom is 0.351 e. The van der Waals surface area contributed by atoms with Crippen molar-refractivity contribution in [2.75, 3.05) is 7.11 Å². The minimum atomic E-state index is -1.30. The summed E-state index contributed by atoms with van der Waals surface area (Å²) >= 11 is 0. The number of carboxylic acids is 1. The third-order valence-electron chi connectivity index (χ3n) is 3.13. The molecular weight excluding hydrogens is 272 g/mol. The first-order chi connectivity index (χ1) is 9.93. The maximum absolute atomic E-state index is 11.8. The van der Waals surface area contributed by atoms with Gasteiger partial charge in [0.2, 0.25) is 0 Å². The molecule has 0 aliphatic carbocycles. The Morgan fingerprint density at radius 2 is 2.10 bits per heavy atom. The highest BCUT2D eigenvalue weighted by Crippen LogP contribution is 2.28. The highest BCUT2D eigenvalue weighted by molar-refractivity contribution is 5.92. The summed E-state index contributed by atoms with van der Waals surface area (Å²) < 4.78 is 10.5. The lowest BCUT2D eigenvalue weighted by molar-refractivity contribution is 0.0692. The van der Waals surface area contributed by atoms with Crippen molar-refractivity contribution in [2.24, 2.45) is 0 Å². The van der Waals surface area contributed by atoms with Crippen LogP contribution >= 0.6 is 0 Å². The van der Waals surface area contributed by atoms with E-state index in [2.05, 4.69) is 0 Å². The molecule has 0 saturated heterocycles. The summed E-state index contributed by atoms with van der Waals surface area (Å²) in [6, 6.07) is 4.74. The van der Waals surface area contributed by atoms with E-state index >= 15 is 0 Å². The molecule has 1 heterocycles. The van der Waals surface area contributed by atoms with Crippen molar-refractivity contribution in [2.45, 2.75) is 20.3 Å². The van der Waals surface area contributed by atoms with Crippen molar-refractivity contribution < 1.29 is 19.1 Å². The molecule has 21 heavy (non-hydrogen) atoms. The van der Waals surface area contributed by atoms with Crippen LogP contribution in [-0.2, 0) is 6.42 Å². The van der Waals surface area contributed by atoms with Crippen LogP contribution < -0.4 is 10.4 Å². The number of fused-ring (bicyclic) bond motifs is 1. The van der Waals surface area contributed by atoms with Crippen LogP contribution in [0, 0.1) is 0 Å². The van der Waals surface area contributed by atoms with E-state index in [1.54, 1.807) is 12.1 Å². The summed E-state index contributed by atoms with van der Waals surface area (Å²) in [6.45, 7) is 3.94. The van der Waals surface area contributed by atoms with Crippen LogP contribution in [0.15, 0.2) is 39.1 Å². The Bertz CT molecular complexity index is 779. The van der Waals surface area contributed by atoms with Crippen molar-refractivity contribution >= 4 is 16.9 Å². The van der Waals surface area contributed by atoms with Crippen molar-refractivity contribution in [1.29, 1.82) is 0 Å². The fourth-order valence-corrected chi connectivity index (χ4v) is 2.06. The molecule has 0 spiro atoms. The Hall–Kier alpha value is -2.56. The monoisotopic (exact) mass is 288 g/mol. The second-order valence-electron chi connectivity index (χ2n) is 4.90. The first-order valence-electron chi connectivity index (χ1n) is 6.44. The van der Waals surface area contributed by atoms with Gasteiger partial charge in [0.15, 0.2) is 0 Å². The average molecular weight is 288 g/mol. The lowest BCUT2D eigenvalue weighted by Crippen LogP contribution is -2.13. The number of allylic oxidation sites excluding steroid dienone is 2. The van der Waals surface area contributed by atoms with E-state index < -0.39 is 11.6 Å². The molecule has 1 N–H and O–H groups in total. The van der Waals surface area contributed by atoms with Crippen LogP contribution in [-0.4, -0.2) is 18.2 Å². The zero-order valence-electron chi connectivity index (χ0n) is 12.1. The fraction of sp³-hybridized carbons (Fsp3) is 0.250. The van der Waals surface area contributed by atoms with Gasteiger partial charge in [0, 0.05) is 10.9 Å². The first kappa shape index (κ1) is 14.8. The topological polar surface area (TPSA) is 76.7 Å². The fourth-order valence-electron chi connectivity index (χ4n) is 2.06. The number of ether oxygens (including phenoxy) is 1. The minimum absolute atomic E-state index is 0.363. The van der Waals surface area contributed by atoms with Gasteiger partial charge >= 0.3 is 11.6 Å². The van der Waals surface area contributed by atoms with E-state index in [0.29, 0.717) is 23.1 Å². The third-order valence-corrected chi connectivity index (χ3v) is 3.13. The predicted molar refractivity (Wildman–Crippen MR) is 79.1 cm³/mol. The molecule has 1 aromatic carbocycles. The molecule has 2 aromatic rings. The van der Waals surface area contributed by atoms with Gasteiger partial charge in [-0.2, -0.15) is 0 Å². The molecule has 1 aromatic heterocycles. The van der Waals surface area contributed by atoms with Crippen molar-refractivity contribution in [3.8, 4) is 5.75 Å². The molecule has 0 saturated carbocycles.